The van der Waals surface area contributed by atoms with Gasteiger partial charge in [0.25, 0.3) is 0 Å². The Bertz CT molecular complexity index is 215. The summed E-state index contributed by atoms with van der Waals surface area (Å²) in [6.07, 6.45) is 0.846. The predicted molar refractivity (Wildman–Crippen MR) is 95.1 cm³/mol. The lowest BCUT2D eigenvalue weighted by molar-refractivity contribution is 0.123. The number of nitrogens with one attached hydrogen (secondary N) is 1. The predicted octanol–water partition coefficient (Wildman–Crippen LogP) is 1.11. The van der Waals surface area contributed by atoms with Crippen LogP contribution in [-0.4, -0.2) is 67.8 Å². The molecule has 0 saturated carbocycles. The first-order valence-corrected chi connectivity index (χ1v) is 7.97. The van der Waals surface area contributed by atoms with Crippen LogP contribution in [0.1, 0.15) is 6.42 Å². The summed E-state index contributed by atoms with van der Waals surface area (Å²) in [6.45, 7) is 0.708. The Kier molecular flexibility index (Phi) is 24.7. The molecule has 0 fully saturated rings. The summed E-state index contributed by atoms with van der Waals surface area (Å²) in [5.74, 6) is 0. The molecule has 0 bridgehead atoms. The summed E-state index contributed by atoms with van der Waals surface area (Å²) in [5, 5.41) is 3.16. The number of halogens is 2. The fourth-order valence-electron chi connectivity index (χ4n) is 1.07. The van der Waals surface area contributed by atoms with Gasteiger partial charge in [0, 0.05) is 33.9 Å². The number of nitrogens with zero attached hydrogens (tertiary/aromatic N) is 1. The molecule has 0 aromatic carbocycles. The minimum absolute atomic E-state index is 0. The minimum atomic E-state index is -2.41. The molecular formula is C10H29Cl2N3O3SSi. The van der Waals surface area contributed by atoms with Gasteiger partial charge in [-0.1, -0.05) is 0 Å². The van der Waals surface area contributed by atoms with Crippen LogP contribution in [-0.2, 0) is 13.3 Å². The number of rotatable bonds is 7. The van der Waals surface area contributed by atoms with Crippen LogP contribution in [0.2, 0.25) is 6.04 Å². The van der Waals surface area contributed by atoms with Crippen molar-refractivity contribution in [3.05, 3.63) is 0 Å². The van der Waals surface area contributed by atoms with Crippen LogP contribution in [0.5, 0.6) is 0 Å². The van der Waals surface area contributed by atoms with Crippen LogP contribution in [0, 0.1) is 0 Å². The molecule has 0 aromatic rings. The summed E-state index contributed by atoms with van der Waals surface area (Å²) < 4.78 is 15.7. The second kappa shape index (κ2) is 17.4. The van der Waals surface area contributed by atoms with Gasteiger partial charge in [0.05, 0.1) is 0 Å². The average molecular weight is 370 g/mol. The molecule has 6 nitrogen and oxygen atoms in total. The van der Waals surface area contributed by atoms with E-state index in [0.29, 0.717) is 11.7 Å². The summed E-state index contributed by atoms with van der Waals surface area (Å²) in [7, 11) is 8.38. The SMILES string of the molecule is CN(C)C.CO[Si](CCCNC(N)=S)(OC)OC.Cl.Cl. The quantitative estimate of drug-likeness (QED) is 0.395. The largest absolute Gasteiger partial charge is 0.500 e. The van der Waals surface area contributed by atoms with Gasteiger partial charge in [-0.3, -0.25) is 0 Å². The molecule has 0 aliphatic carbocycles. The molecule has 20 heavy (non-hydrogen) atoms. The first-order valence-electron chi connectivity index (χ1n) is 5.63. The number of hydrogen-bond donors (Lipinski definition) is 2. The summed E-state index contributed by atoms with van der Waals surface area (Å²) >= 11 is 4.67. The van der Waals surface area contributed by atoms with Gasteiger partial charge in [-0.05, 0) is 39.8 Å². The second-order valence-corrected chi connectivity index (χ2v) is 7.56. The van der Waals surface area contributed by atoms with E-state index in [-0.39, 0.29) is 24.8 Å². The highest BCUT2D eigenvalue weighted by Crippen LogP contribution is 2.14. The summed E-state index contributed by atoms with van der Waals surface area (Å²) in [6, 6.07) is 0.742. The van der Waals surface area contributed by atoms with Crippen molar-refractivity contribution in [1.29, 1.82) is 0 Å². The van der Waals surface area contributed by atoms with Gasteiger partial charge in [-0.15, -0.1) is 24.8 Å². The lowest BCUT2D eigenvalue weighted by atomic mass is 10.5. The normalized spacial score (nSPS) is 9.75. The monoisotopic (exact) mass is 369 g/mol. The molecule has 0 rings (SSSR count). The highest BCUT2D eigenvalue weighted by Gasteiger charge is 2.36. The standard InChI is InChI=1S/C7H18N2O3SSi.C3H9N.2ClH/c1-10-14(11-2,12-3)6-4-5-9-7(8)13;1-4(2)3;;/h4-6H2,1-3H3,(H3,8,9,13);1-3H3;2*1H. The van der Waals surface area contributed by atoms with Crippen molar-refractivity contribution < 1.29 is 13.3 Å². The molecule has 0 aromatic heterocycles. The van der Waals surface area contributed by atoms with E-state index in [1.165, 1.54) is 0 Å². The Labute approximate surface area is 141 Å². The van der Waals surface area contributed by atoms with Gasteiger partial charge in [0.1, 0.15) is 0 Å². The lowest BCUT2D eigenvalue weighted by Crippen LogP contribution is -2.43. The molecule has 0 aliphatic rings. The van der Waals surface area contributed by atoms with E-state index >= 15 is 0 Å². The molecule has 0 aliphatic heterocycles. The van der Waals surface area contributed by atoms with Crippen molar-refractivity contribution in [2.45, 2.75) is 12.5 Å². The second-order valence-electron chi connectivity index (χ2n) is 4.03. The van der Waals surface area contributed by atoms with Crippen molar-refractivity contribution in [2.75, 3.05) is 49.0 Å². The molecule has 0 amide bonds. The van der Waals surface area contributed by atoms with Gasteiger partial charge in [0.15, 0.2) is 5.11 Å². The number of thiocarbonyl (C=S) groups is 1. The first kappa shape index (κ1) is 28.5. The molecule has 0 unspecified atom stereocenters. The van der Waals surface area contributed by atoms with Crippen molar-refractivity contribution >= 4 is 50.9 Å². The van der Waals surface area contributed by atoms with E-state index in [0.717, 1.165) is 12.5 Å². The van der Waals surface area contributed by atoms with Crippen LogP contribution in [0.25, 0.3) is 0 Å². The first-order chi connectivity index (χ1) is 8.33. The highest BCUT2D eigenvalue weighted by atomic mass is 35.5. The molecular weight excluding hydrogens is 341 g/mol. The van der Waals surface area contributed by atoms with E-state index in [2.05, 4.69) is 17.5 Å². The van der Waals surface area contributed by atoms with E-state index in [9.17, 15) is 0 Å². The maximum absolute atomic E-state index is 5.28. The molecule has 0 atom stereocenters. The van der Waals surface area contributed by atoms with E-state index < -0.39 is 8.80 Å². The van der Waals surface area contributed by atoms with Crippen LogP contribution in [0.3, 0.4) is 0 Å². The summed E-state index contributed by atoms with van der Waals surface area (Å²) in [4.78, 5) is 2.00. The molecule has 0 spiro atoms. The maximum Gasteiger partial charge on any atom is 0.500 e. The van der Waals surface area contributed by atoms with E-state index in [1.54, 1.807) is 21.3 Å². The van der Waals surface area contributed by atoms with Gasteiger partial charge < -0.3 is 29.2 Å². The Morgan fingerprint density at radius 2 is 1.45 bits per heavy atom. The lowest BCUT2D eigenvalue weighted by Gasteiger charge is -2.24. The van der Waals surface area contributed by atoms with Crippen LogP contribution < -0.4 is 11.1 Å². The van der Waals surface area contributed by atoms with E-state index in [1.807, 2.05) is 26.0 Å². The molecule has 126 valence electrons. The van der Waals surface area contributed by atoms with Crippen LogP contribution in [0.15, 0.2) is 0 Å². The van der Waals surface area contributed by atoms with Crippen molar-refractivity contribution in [1.82, 2.24) is 10.2 Å². The van der Waals surface area contributed by atoms with Gasteiger partial charge in [0.2, 0.25) is 0 Å². The van der Waals surface area contributed by atoms with Crippen LogP contribution >= 0.6 is 37.0 Å². The molecule has 10 heteroatoms. The highest BCUT2D eigenvalue weighted by molar-refractivity contribution is 7.80. The minimum Gasteiger partial charge on any atom is -0.377 e. The zero-order valence-corrected chi connectivity index (χ0v) is 16.5. The Morgan fingerprint density at radius 3 is 1.70 bits per heavy atom. The molecule has 0 radical (unpaired) electrons. The van der Waals surface area contributed by atoms with Gasteiger partial charge in [-0.2, -0.15) is 0 Å². The fraction of sp³-hybridized carbons (Fsp3) is 0.900. The Morgan fingerprint density at radius 1 is 1.10 bits per heavy atom. The van der Waals surface area contributed by atoms with Crippen molar-refractivity contribution in [3.63, 3.8) is 0 Å². The van der Waals surface area contributed by atoms with Crippen molar-refractivity contribution in [3.8, 4) is 0 Å². The Hall–Kier alpha value is 0.327. The van der Waals surface area contributed by atoms with Crippen LogP contribution in [0.4, 0.5) is 0 Å². The zero-order chi connectivity index (χ0) is 14.6. The molecule has 0 heterocycles. The Balaban J connectivity index is -0.000000188. The van der Waals surface area contributed by atoms with E-state index in [4.69, 9.17) is 19.0 Å². The molecule has 3 N–H and O–H groups in total. The zero-order valence-electron chi connectivity index (χ0n) is 13.1. The average Bonchev–Trinajstić information content (AvgIpc) is 2.29. The number of nitrogens with two attached hydrogens (primary N) is 1. The maximum atomic E-state index is 5.28. The number of hydrogen-bond acceptors (Lipinski definition) is 5. The van der Waals surface area contributed by atoms with Gasteiger partial charge in [-0.25, -0.2) is 0 Å². The summed E-state index contributed by atoms with van der Waals surface area (Å²) in [5.41, 5.74) is 5.28. The van der Waals surface area contributed by atoms with Gasteiger partial charge >= 0.3 is 8.80 Å². The fourth-order valence-corrected chi connectivity index (χ4v) is 2.90. The third-order valence-corrected chi connectivity index (χ3v) is 4.87. The topological polar surface area (TPSA) is 69.0 Å². The van der Waals surface area contributed by atoms with Crippen molar-refractivity contribution in [2.24, 2.45) is 5.73 Å². The molecule has 0 saturated heterocycles. The third-order valence-electron chi connectivity index (χ3n) is 1.89. The third kappa shape index (κ3) is 18.3. The smallest absolute Gasteiger partial charge is 0.377 e.